The average Bonchev–Trinajstić information content (AvgIpc) is 3.07. The Morgan fingerprint density at radius 1 is 1.38 bits per heavy atom. The van der Waals surface area contributed by atoms with E-state index in [2.05, 4.69) is 15.5 Å². The highest BCUT2D eigenvalue weighted by molar-refractivity contribution is 7.15. The fourth-order valence-corrected chi connectivity index (χ4v) is 2.75. The van der Waals surface area contributed by atoms with Crippen LogP contribution in [0.1, 0.15) is 23.8 Å². The first-order valence-electron chi connectivity index (χ1n) is 6.61. The first kappa shape index (κ1) is 13.8. The van der Waals surface area contributed by atoms with E-state index in [0.717, 1.165) is 16.2 Å². The Morgan fingerprint density at radius 2 is 2.14 bits per heavy atom. The number of nitrogens with zero attached hydrogens (tertiary/aromatic N) is 2. The van der Waals surface area contributed by atoms with Crippen LogP contribution in [-0.4, -0.2) is 22.2 Å². The highest BCUT2D eigenvalue weighted by atomic mass is 32.1. The van der Waals surface area contributed by atoms with Gasteiger partial charge in [0, 0.05) is 17.5 Å². The van der Waals surface area contributed by atoms with E-state index in [9.17, 15) is 4.79 Å². The monoisotopic (exact) mass is 301 g/mol. The minimum atomic E-state index is -0.995. The van der Waals surface area contributed by atoms with Crippen molar-refractivity contribution in [1.82, 2.24) is 4.98 Å². The number of nitrogens with one attached hydrogen (secondary N) is 1. The van der Waals surface area contributed by atoms with E-state index < -0.39 is 5.60 Å². The van der Waals surface area contributed by atoms with Crippen molar-refractivity contribution in [1.29, 1.82) is 0 Å². The molecule has 1 N–H and O–H groups in total. The molecule has 1 aliphatic rings. The van der Waals surface area contributed by atoms with Crippen LogP contribution in [0.5, 0.6) is 0 Å². The SMILES string of the molecule is Cc1cnc(NC(=O)[C@@]2(C)CC(c3ccccc3)=NO2)s1. The molecule has 0 unspecified atom stereocenters. The number of benzene rings is 1. The summed E-state index contributed by atoms with van der Waals surface area (Å²) in [4.78, 5) is 23.0. The lowest BCUT2D eigenvalue weighted by atomic mass is 9.95. The van der Waals surface area contributed by atoms with Gasteiger partial charge in [0.25, 0.3) is 5.91 Å². The summed E-state index contributed by atoms with van der Waals surface area (Å²) in [5.41, 5.74) is 0.757. The second-order valence-electron chi connectivity index (χ2n) is 5.13. The van der Waals surface area contributed by atoms with E-state index in [-0.39, 0.29) is 5.91 Å². The van der Waals surface area contributed by atoms with Crippen LogP contribution in [0.3, 0.4) is 0 Å². The predicted octanol–water partition coefficient (Wildman–Crippen LogP) is 2.97. The minimum absolute atomic E-state index is 0.230. The number of aromatic nitrogens is 1. The third-order valence-electron chi connectivity index (χ3n) is 3.29. The average molecular weight is 301 g/mol. The van der Waals surface area contributed by atoms with Gasteiger partial charge in [-0.2, -0.15) is 0 Å². The summed E-state index contributed by atoms with van der Waals surface area (Å²) in [6.45, 7) is 3.68. The lowest BCUT2D eigenvalue weighted by Gasteiger charge is -2.19. The highest BCUT2D eigenvalue weighted by Crippen LogP contribution is 2.28. The van der Waals surface area contributed by atoms with Crippen LogP contribution in [0.2, 0.25) is 0 Å². The summed E-state index contributed by atoms with van der Waals surface area (Å²) in [5.74, 6) is -0.230. The smallest absolute Gasteiger partial charge is 0.273 e. The number of carbonyl (C=O) groups excluding carboxylic acids is 1. The molecule has 21 heavy (non-hydrogen) atoms. The number of oxime groups is 1. The first-order valence-corrected chi connectivity index (χ1v) is 7.43. The van der Waals surface area contributed by atoms with Crippen LogP contribution in [0.15, 0.2) is 41.7 Å². The molecule has 2 aromatic rings. The Labute approximate surface area is 126 Å². The van der Waals surface area contributed by atoms with E-state index in [1.54, 1.807) is 13.1 Å². The van der Waals surface area contributed by atoms with Crippen molar-refractivity contribution >= 4 is 28.1 Å². The minimum Gasteiger partial charge on any atom is -0.379 e. The molecule has 3 rings (SSSR count). The summed E-state index contributed by atoms with van der Waals surface area (Å²) in [5, 5.41) is 7.43. The van der Waals surface area contributed by atoms with E-state index >= 15 is 0 Å². The molecule has 0 saturated heterocycles. The number of amides is 1. The van der Waals surface area contributed by atoms with Crippen molar-refractivity contribution in [3.63, 3.8) is 0 Å². The van der Waals surface area contributed by atoms with Crippen molar-refractivity contribution in [2.45, 2.75) is 25.9 Å². The molecule has 1 amide bonds. The topological polar surface area (TPSA) is 63.6 Å². The second kappa shape index (κ2) is 5.29. The Morgan fingerprint density at radius 3 is 2.81 bits per heavy atom. The van der Waals surface area contributed by atoms with Crippen molar-refractivity contribution in [2.75, 3.05) is 5.32 Å². The molecular weight excluding hydrogens is 286 g/mol. The van der Waals surface area contributed by atoms with Crippen LogP contribution in [0.25, 0.3) is 0 Å². The van der Waals surface area contributed by atoms with Gasteiger partial charge >= 0.3 is 0 Å². The standard InChI is InChI=1S/C15H15N3O2S/c1-10-9-16-14(21-10)17-13(19)15(2)8-12(18-20-15)11-6-4-3-5-7-11/h3-7,9H,8H2,1-2H3,(H,16,17,19)/t15-/m1/s1. The quantitative estimate of drug-likeness (QED) is 0.948. The largest absolute Gasteiger partial charge is 0.379 e. The molecule has 1 aromatic carbocycles. The van der Waals surface area contributed by atoms with Crippen LogP contribution in [0, 0.1) is 6.92 Å². The maximum atomic E-state index is 12.4. The van der Waals surface area contributed by atoms with E-state index in [1.807, 2.05) is 37.3 Å². The fourth-order valence-electron chi connectivity index (χ4n) is 2.09. The molecule has 5 nitrogen and oxygen atoms in total. The van der Waals surface area contributed by atoms with Gasteiger partial charge < -0.3 is 4.84 Å². The maximum absolute atomic E-state index is 12.4. The molecule has 1 aromatic heterocycles. The van der Waals surface area contributed by atoms with Crippen LogP contribution < -0.4 is 5.32 Å². The number of carbonyl (C=O) groups is 1. The zero-order chi connectivity index (χ0) is 14.9. The number of hydrogen-bond donors (Lipinski definition) is 1. The van der Waals surface area contributed by atoms with Gasteiger partial charge in [-0.25, -0.2) is 4.98 Å². The number of rotatable bonds is 3. The van der Waals surface area contributed by atoms with Gasteiger partial charge in [-0.1, -0.05) is 35.5 Å². The number of thiazole rings is 1. The van der Waals surface area contributed by atoms with Gasteiger partial charge in [-0.3, -0.25) is 10.1 Å². The van der Waals surface area contributed by atoms with E-state index in [4.69, 9.17) is 4.84 Å². The third-order valence-corrected chi connectivity index (χ3v) is 4.12. The second-order valence-corrected chi connectivity index (χ2v) is 6.37. The molecule has 0 saturated carbocycles. The predicted molar refractivity (Wildman–Crippen MR) is 82.6 cm³/mol. The maximum Gasteiger partial charge on any atom is 0.273 e. The Hall–Kier alpha value is -2.21. The van der Waals surface area contributed by atoms with Gasteiger partial charge in [0.15, 0.2) is 5.13 Å². The summed E-state index contributed by atoms with van der Waals surface area (Å²) in [7, 11) is 0. The summed E-state index contributed by atoms with van der Waals surface area (Å²) in [6, 6.07) is 9.72. The van der Waals surface area contributed by atoms with Gasteiger partial charge in [-0.05, 0) is 19.4 Å². The Kier molecular flexibility index (Phi) is 3.47. The van der Waals surface area contributed by atoms with Crippen LogP contribution in [0.4, 0.5) is 5.13 Å². The van der Waals surface area contributed by atoms with Crippen molar-refractivity contribution in [3.8, 4) is 0 Å². The molecule has 1 atom stereocenters. The molecule has 0 radical (unpaired) electrons. The Balaban J connectivity index is 1.71. The fraction of sp³-hybridized carbons (Fsp3) is 0.267. The van der Waals surface area contributed by atoms with Crippen LogP contribution in [-0.2, 0) is 9.63 Å². The summed E-state index contributed by atoms with van der Waals surface area (Å²) in [6.07, 6.45) is 2.16. The lowest BCUT2D eigenvalue weighted by molar-refractivity contribution is -0.135. The number of anilines is 1. The number of aryl methyl sites for hydroxylation is 1. The first-order chi connectivity index (χ1) is 10.1. The zero-order valence-corrected chi connectivity index (χ0v) is 12.6. The molecule has 1 aliphatic heterocycles. The lowest BCUT2D eigenvalue weighted by Crippen LogP contribution is -2.40. The normalized spacial score (nSPS) is 20.8. The van der Waals surface area contributed by atoms with Gasteiger partial charge in [-0.15, -0.1) is 11.3 Å². The molecule has 0 aliphatic carbocycles. The molecule has 2 heterocycles. The van der Waals surface area contributed by atoms with E-state index in [1.165, 1.54) is 11.3 Å². The molecule has 6 heteroatoms. The van der Waals surface area contributed by atoms with E-state index in [0.29, 0.717) is 11.6 Å². The van der Waals surface area contributed by atoms with Gasteiger partial charge in [0.05, 0.1) is 5.71 Å². The molecule has 108 valence electrons. The third kappa shape index (κ3) is 2.80. The van der Waals surface area contributed by atoms with Gasteiger partial charge in [0.2, 0.25) is 5.60 Å². The van der Waals surface area contributed by atoms with Crippen molar-refractivity contribution in [2.24, 2.45) is 5.16 Å². The van der Waals surface area contributed by atoms with Gasteiger partial charge in [0.1, 0.15) is 0 Å². The summed E-state index contributed by atoms with van der Waals surface area (Å²) >= 11 is 1.43. The molecule has 0 fully saturated rings. The number of hydrogen-bond acceptors (Lipinski definition) is 5. The zero-order valence-electron chi connectivity index (χ0n) is 11.8. The molecular formula is C15H15N3O2S. The van der Waals surface area contributed by atoms with Crippen molar-refractivity contribution in [3.05, 3.63) is 47.0 Å². The Bertz CT molecular complexity index is 696. The van der Waals surface area contributed by atoms with Crippen LogP contribution >= 0.6 is 11.3 Å². The highest BCUT2D eigenvalue weighted by Gasteiger charge is 2.42. The summed E-state index contributed by atoms with van der Waals surface area (Å²) < 4.78 is 0. The molecule has 0 bridgehead atoms. The van der Waals surface area contributed by atoms with Crippen molar-refractivity contribution < 1.29 is 9.63 Å². The molecule has 0 spiro atoms.